The second-order valence-corrected chi connectivity index (χ2v) is 2.50. The molecular formula is C14H17+. The summed E-state index contributed by atoms with van der Waals surface area (Å²) in [6.45, 7) is 5.64. The van der Waals surface area contributed by atoms with Gasteiger partial charge in [-0.3, -0.25) is 0 Å². The summed E-state index contributed by atoms with van der Waals surface area (Å²) in [6, 6.07) is 0. The van der Waals surface area contributed by atoms with E-state index in [0.29, 0.717) is 0 Å². The molecule has 0 bridgehead atoms. The molecule has 0 heterocycles. The van der Waals surface area contributed by atoms with Crippen LogP contribution in [-0.2, 0) is 0 Å². The highest BCUT2D eigenvalue weighted by atomic mass is 13.7. The lowest BCUT2D eigenvalue weighted by molar-refractivity contribution is 1.19. The first-order valence-electron chi connectivity index (χ1n) is 4.76. The smallest absolute Gasteiger partial charge is 0.0991 e. The fraction of sp³-hybridized carbons (Fsp3) is 0.143. The Morgan fingerprint density at radius 2 is 1.36 bits per heavy atom. The lowest BCUT2D eigenvalue weighted by Gasteiger charge is -1.70. The van der Waals surface area contributed by atoms with Gasteiger partial charge in [0.15, 0.2) is 6.08 Å². The summed E-state index contributed by atoms with van der Waals surface area (Å²) in [7, 11) is 0. The Balaban J connectivity index is 3.67. The van der Waals surface area contributed by atoms with E-state index in [1.54, 1.807) is 6.08 Å². The Morgan fingerprint density at radius 3 is 1.86 bits per heavy atom. The molecule has 0 aliphatic carbocycles. The largest absolute Gasteiger partial charge is 0.154 e. The third kappa shape index (κ3) is 10.3. The van der Waals surface area contributed by atoms with Crippen LogP contribution >= 0.6 is 0 Å². The number of allylic oxidation sites excluding steroid dienone is 11. The van der Waals surface area contributed by atoms with Crippen LogP contribution in [0.3, 0.4) is 0 Å². The zero-order valence-electron chi connectivity index (χ0n) is 8.69. The third-order valence-electron chi connectivity index (χ3n) is 1.33. The summed E-state index contributed by atoms with van der Waals surface area (Å²) >= 11 is 0. The van der Waals surface area contributed by atoms with Crippen LogP contribution in [0.25, 0.3) is 0 Å². The van der Waals surface area contributed by atoms with Crippen molar-refractivity contribution in [3.8, 4) is 0 Å². The second kappa shape index (κ2) is 11.4. The van der Waals surface area contributed by atoms with Gasteiger partial charge in [-0.2, -0.15) is 0 Å². The van der Waals surface area contributed by atoms with E-state index in [2.05, 4.69) is 19.6 Å². The van der Waals surface area contributed by atoms with E-state index in [0.717, 1.165) is 6.42 Å². The van der Waals surface area contributed by atoms with E-state index in [1.807, 2.05) is 54.7 Å². The molecular weight excluding hydrogens is 168 g/mol. The highest BCUT2D eigenvalue weighted by Crippen LogP contribution is 1.84. The van der Waals surface area contributed by atoms with Gasteiger partial charge in [0.25, 0.3) is 0 Å². The minimum Gasteiger partial charge on any atom is -0.0991 e. The van der Waals surface area contributed by atoms with Crippen molar-refractivity contribution in [1.82, 2.24) is 0 Å². The minimum atomic E-state index is 0.959. The van der Waals surface area contributed by atoms with Crippen molar-refractivity contribution < 1.29 is 0 Å². The Bertz CT molecular complexity index is 260. The maximum atomic E-state index is 3.58. The van der Waals surface area contributed by atoms with Gasteiger partial charge in [-0.1, -0.05) is 43.0 Å². The van der Waals surface area contributed by atoms with Crippen LogP contribution in [0.5, 0.6) is 0 Å². The van der Waals surface area contributed by atoms with Gasteiger partial charge >= 0.3 is 0 Å². The summed E-state index contributed by atoms with van der Waals surface area (Å²) in [5, 5.41) is 0. The lowest BCUT2D eigenvalue weighted by Crippen LogP contribution is -1.54. The molecule has 0 N–H and O–H groups in total. The van der Waals surface area contributed by atoms with Crippen molar-refractivity contribution >= 4 is 0 Å². The van der Waals surface area contributed by atoms with Crippen molar-refractivity contribution in [2.75, 3.05) is 0 Å². The van der Waals surface area contributed by atoms with Crippen molar-refractivity contribution in [3.63, 3.8) is 0 Å². The van der Waals surface area contributed by atoms with Crippen LogP contribution in [0.1, 0.15) is 13.3 Å². The molecule has 0 rings (SSSR count). The monoisotopic (exact) mass is 185 g/mol. The normalized spacial score (nSPS) is 12.6. The van der Waals surface area contributed by atoms with Gasteiger partial charge in [0.1, 0.15) is 0 Å². The molecule has 0 aromatic heterocycles. The van der Waals surface area contributed by atoms with E-state index in [9.17, 15) is 0 Å². The molecule has 0 amide bonds. The zero-order chi connectivity index (χ0) is 10.5. The Kier molecular flexibility index (Phi) is 10.0. The van der Waals surface area contributed by atoms with Gasteiger partial charge in [-0.15, -0.1) is 0 Å². The molecule has 0 radical (unpaired) electrons. The van der Waals surface area contributed by atoms with Crippen LogP contribution in [-0.4, -0.2) is 0 Å². The maximum absolute atomic E-state index is 3.58. The molecule has 14 heavy (non-hydrogen) atoms. The molecule has 0 aromatic rings. The van der Waals surface area contributed by atoms with E-state index in [-0.39, 0.29) is 0 Å². The van der Waals surface area contributed by atoms with Crippen LogP contribution in [0, 0.1) is 6.08 Å². The molecule has 0 unspecified atom stereocenters. The standard InChI is InChI=1S/C14H17/c1-3-5-7-9-11-13-14-12-10-8-6-4-2/h3,5,7-14H,1,4H2,2H3/q+1. The first-order chi connectivity index (χ1) is 6.91. The van der Waals surface area contributed by atoms with E-state index in [1.165, 1.54) is 0 Å². The number of rotatable bonds is 6. The van der Waals surface area contributed by atoms with Crippen molar-refractivity contribution in [3.05, 3.63) is 73.4 Å². The summed E-state index contributed by atoms with van der Waals surface area (Å²) in [6.07, 6.45) is 23.4. The van der Waals surface area contributed by atoms with E-state index >= 15 is 0 Å². The summed E-state index contributed by atoms with van der Waals surface area (Å²) < 4.78 is 0. The van der Waals surface area contributed by atoms with Crippen LogP contribution < -0.4 is 0 Å². The van der Waals surface area contributed by atoms with Crippen molar-refractivity contribution in [2.45, 2.75) is 13.3 Å². The van der Waals surface area contributed by atoms with Gasteiger partial charge in [-0.05, 0) is 13.0 Å². The minimum absolute atomic E-state index is 0.959. The quantitative estimate of drug-likeness (QED) is 0.430. The van der Waals surface area contributed by atoms with E-state index < -0.39 is 0 Å². The molecule has 0 aromatic carbocycles. The molecule has 72 valence electrons. The second-order valence-electron chi connectivity index (χ2n) is 2.50. The molecule has 0 nitrogen and oxygen atoms in total. The zero-order valence-corrected chi connectivity index (χ0v) is 8.69. The highest BCUT2D eigenvalue weighted by Gasteiger charge is 1.74. The van der Waals surface area contributed by atoms with Crippen LogP contribution in [0.4, 0.5) is 0 Å². The molecule has 0 spiro atoms. The predicted molar refractivity (Wildman–Crippen MR) is 64.9 cm³/mol. The van der Waals surface area contributed by atoms with Crippen molar-refractivity contribution in [2.24, 2.45) is 0 Å². The van der Waals surface area contributed by atoms with Gasteiger partial charge in [-0.25, -0.2) is 0 Å². The third-order valence-corrected chi connectivity index (χ3v) is 1.33. The number of hydrogen-bond donors (Lipinski definition) is 0. The molecule has 0 fully saturated rings. The topological polar surface area (TPSA) is 0 Å². The molecule has 0 saturated heterocycles. The highest BCUT2D eigenvalue weighted by molar-refractivity contribution is 5.18. The average molecular weight is 185 g/mol. The number of hydrogen-bond acceptors (Lipinski definition) is 0. The Hall–Kier alpha value is -1.65. The fourth-order valence-corrected chi connectivity index (χ4v) is 0.705. The first kappa shape index (κ1) is 12.3. The van der Waals surface area contributed by atoms with Crippen LogP contribution in [0.15, 0.2) is 67.3 Å². The van der Waals surface area contributed by atoms with Gasteiger partial charge in [0.05, 0.1) is 18.6 Å². The van der Waals surface area contributed by atoms with Gasteiger partial charge < -0.3 is 0 Å². The van der Waals surface area contributed by atoms with Crippen molar-refractivity contribution in [1.29, 1.82) is 0 Å². The molecule has 0 saturated carbocycles. The van der Waals surface area contributed by atoms with E-state index in [4.69, 9.17) is 0 Å². The summed E-state index contributed by atoms with van der Waals surface area (Å²) in [5.74, 6) is 0. The predicted octanol–water partition coefficient (Wildman–Crippen LogP) is 4.17. The van der Waals surface area contributed by atoms with Crippen LogP contribution in [0.2, 0.25) is 0 Å². The molecule has 0 aliphatic rings. The molecule has 0 aliphatic heterocycles. The average Bonchev–Trinajstić information content (AvgIpc) is 2.21. The Labute approximate surface area is 87.3 Å². The SMILES string of the molecule is C=CC=CC=CC=CC=CC=[C+]CC. The summed E-state index contributed by atoms with van der Waals surface area (Å²) in [4.78, 5) is 0. The first-order valence-corrected chi connectivity index (χ1v) is 4.76. The van der Waals surface area contributed by atoms with Gasteiger partial charge in [0.2, 0.25) is 0 Å². The summed E-state index contributed by atoms with van der Waals surface area (Å²) in [5.41, 5.74) is 0. The molecule has 0 atom stereocenters. The van der Waals surface area contributed by atoms with Gasteiger partial charge in [0, 0.05) is 6.08 Å². The lowest BCUT2D eigenvalue weighted by atomic mass is 10.3. The Morgan fingerprint density at radius 1 is 0.857 bits per heavy atom. The fourth-order valence-electron chi connectivity index (χ4n) is 0.705. The molecule has 0 heteroatoms. The maximum Gasteiger partial charge on any atom is 0.154 e.